The highest BCUT2D eigenvalue weighted by molar-refractivity contribution is 6.30. The molecule has 1 aromatic heterocycles. The predicted molar refractivity (Wildman–Crippen MR) is 99.4 cm³/mol. The normalized spacial score (nSPS) is 15.8. The van der Waals surface area contributed by atoms with E-state index in [1.807, 2.05) is 30.3 Å². The Morgan fingerprint density at radius 3 is 2.58 bits per heavy atom. The van der Waals surface area contributed by atoms with Gasteiger partial charge in [0.05, 0.1) is 12.2 Å². The summed E-state index contributed by atoms with van der Waals surface area (Å²) < 4.78 is 0. The predicted octanol–water partition coefficient (Wildman–Crippen LogP) is 3.52. The van der Waals surface area contributed by atoms with Crippen LogP contribution in [0.5, 0.6) is 0 Å². The highest BCUT2D eigenvalue weighted by Crippen LogP contribution is 2.47. The lowest BCUT2D eigenvalue weighted by molar-refractivity contribution is 0.645. The van der Waals surface area contributed by atoms with Crippen LogP contribution in [0.3, 0.4) is 0 Å². The van der Waals surface area contributed by atoms with Crippen molar-refractivity contribution in [3.63, 3.8) is 0 Å². The summed E-state index contributed by atoms with van der Waals surface area (Å²) in [7, 11) is 0. The van der Waals surface area contributed by atoms with Crippen molar-refractivity contribution < 1.29 is 0 Å². The molecular formula is C19H23ClN4. The maximum absolute atomic E-state index is 6.00. The van der Waals surface area contributed by atoms with Gasteiger partial charge < -0.3 is 10.6 Å². The first kappa shape index (κ1) is 16.8. The number of hydrogen-bond donors (Lipinski definition) is 2. The summed E-state index contributed by atoms with van der Waals surface area (Å²) in [4.78, 5) is 8.95. The van der Waals surface area contributed by atoms with Crippen LogP contribution in [0.4, 0.5) is 0 Å². The second kappa shape index (κ2) is 7.67. The summed E-state index contributed by atoms with van der Waals surface area (Å²) in [6.07, 6.45) is 4.19. The number of aliphatic imine (C=N–C) groups is 1. The van der Waals surface area contributed by atoms with Crippen LogP contribution < -0.4 is 10.6 Å². The number of halogens is 1. The third-order valence-corrected chi connectivity index (χ3v) is 4.63. The summed E-state index contributed by atoms with van der Waals surface area (Å²) >= 11 is 6.00. The monoisotopic (exact) mass is 342 g/mol. The molecule has 0 saturated heterocycles. The Morgan fingerprint density at radius 2 is 1.96 bits per heavy atom. The highest BCUT2D eigenvalue weighted by Gasteiger charge is 2.44. The van der Waals surface area contributed by atoms with Crippen molar-refractivity contribution in [1.82, 2.24) is 15.6 Å². The molecule has 0 radical (unpaired) electrons. The van der Waals surface area contributed by atoms with Gasteiger partial charge in [-0.1, -0.05) is 29.8 Å². The van der Waals surface area contributed by atoms with Gasteiger partial charge in [0.15, 0.2) is 5.96 Å². The fourth-order valence-electron chi connectivity index (χ4n) is 2.77. The summed E-state index contributed by atoms with van der Waals surface area (Å²) in [5.74, 6) is 0.836. The molecule has 1 heterocycles. The molecule has 5 heteroatoms. The van der Waals surface area contributed by atoms with E-state index in [-0.39, 0.29) is 5.41 Å². The smallest absolute Gasteiger partial charge is 0.191 e. The first-order valence-corrected chi connectivity index (χ1v) is 8.78. The molecule has 4 nitrogen and oxygen atoms in total. The third-order valence-electron chi connectivity index (χ3n) is 4.37. The molecule has 0 bridgehead atoms. The summed E-state index contributed by atoms with van der Waals surface area (Å²) in [5.41, 5.74) is 2.53. The van der Waals surface area contributed by atoms with Crippen molar-refractivity contribution >= 4 is 17.6 Å². The molecule has 2 N–H and O–H groups in total. The van der Waals surface area contributed by atoms with Crippen LogP contribution in [-0.4, -0.2) is 24.0 Å². The zero-order chi connectivity index (χ0) is 16.8. The molecule has 0 unspecified atom stereocenters. The topological polar surface area (TPSA) is 49.3 Å². The van der Waals surface area contributed by atoms with E-state index >= 15 is 0 Å². The van der Waals surface area contributed by atoms with E-state index in [9.17, 15) is 0 Å². The van der Waals surface area contributed by atoms with Crippen molar-refractivity contribution in [2.75, 3.05) is 13.1 Å². The van der Waals surface area contributed by atoms with Gasteiger partial charge in [-0.3, -0.25) is 4.98 Å². The Hall–Kier alpha value is -2.07. The minimum atomic E-state index is 0.214. The average Bonchev–Trinajstić information content (AvgIpc) is 3.40. The molecule has 0 spiro atoms. The Kier molecular flexibility index (Phi) is 5.36. The van der Waals surface area contributed by atoms with Gasteiger partial charge in [0.1, 0.15) is 0 Å². The highest BCUT2D eigenvalue weighted by atomic mass is 35.5. The maximum Gasteiger partial charge on any atom is 0.191 e. The Balaban J connectivity index is 1.62. The number of benzene rings is 1. The van der Waals surface area contributed by atoms with Crippen molar-refractivity contribution in [2.45, 2.75) is 31.7 Å². The van der Waals surface area contributed by atoms with Crippen LogP contribution in [0, 0.1) is 0 Å². The minimum Gasteiger partial charge on any atom is -0.357 e. The van der Waals surface area contributed by atoms with E-state index in [2.05, 4.69) is 39.7 Å². The number of nitrogens with one attached hydrogen (secondary N) is 2. The summed E-state index contributed by atoms with van der Waals surface area (Å²) in [6.45, 7) is 4.36. The van der Waals surface area contributed by atoms with Gasteiger partial charge in [-0.15, -0.1) is 0 Å². The molecule has 1 fully saturated rings. The molecule has 2 aromatic rings. The van der Waals surface area contributed by atoms with E-state index in [1.165, 1.54) is 18.4 Å². The van der Waals surface area contributed by atoms with E-state index in [0.717, 1.165) is 29.8 Å². The first-order chi connectivity index (χ1) is 11.7. The van der Waals surface area contributed by atoms with Crippen LogP contribution in [0.2, 0.25) is 5.02 Å². The molecule has 24 heavy (non-hydrogen) atoms. The largest absolute Gasteiger partial charge is 0.357 e. The summed E-state index contributed by atoms with van der Waals surface area (Å²) in [5, 5.41) is 7.57. The Morgan fingerprint density at radius 1 is 1.17 bits per heavy atom. The first-order valence-electron chi connectivity index (χ1n) is 8.40. The molecule has 0 aliphatic heterocycles. The number of aromatic nitrogens is 1. The SMILES string of the molecule is CCNC(=NCc1ccccn1)NCC1(c2ccc(Cl)cc2)CC1. The lowest BCUT2D eigenvalue weighted by Gasteiger charge is -2.19. The molecule has 1 aliphatic rings. The maximum atomic E-state index is 6.00. The molecule has 1 saturated carbocycles. The van der Waals surface area contributed by atoms with Crippen molar-refractivity contribution in [2.24, 2.45) is 4.99 Å². The lowest BCUT2D eigenvalue weighted by atomic mass is 9.96. The molecule has 126 valence electrons. The fraction of sp³-hybridized carbons (Fsp3) is 0.368. The summed E-state index contributed by atoms with van der Waals surface area (Å²) in [6, 6.07) is 14.1. The number of guanidine groups is 1. The Bertz CT molecular complexity index is 678. The van der Waals surface area contributed by atoms with Crippen molar-refractivity contribution in [3.8, 4) is 0 Å². The van der Waals surface area contributed by atoms with E-state index in [1.54, 1.807) is 6.20 Å². The average molecular weight is 343 g/mol. The second-order valence-electron chi connectivity index (χ2n) is 6.16. The van der Waals surface area contributed by atoms with Crippen LogP contribution in [0.15, 0.2) is 53.7 Å². The van der Waals surface area contributed by atoms with Crippen LogP contribution >= 0.6 is 11.6 Å². The van der Waals surface area contributed by atoms with Crippen LogP contribution in [0.25, 0.3) is 0 Å². The van der Waals surface area contributed by atoms with E-state index in [0.29, 0.717) is 6.54 Å². The fourth-order valence-corrected chi connectivity index (χ4v) is 2.89. The van der Waals surface area contributed by atoms with E-state index in [4.69, 9.17) is 11.6 Å². The zero-order valence-electron chi connectivity index (χ0n) is 13.9. The zero-order valence-corrected chi connectivity index (χ0v) is 14.7. The minimum absolute atomic E-state index is 0.214. The van der Waals surface area contributed by atoms with Gasteiger partial charge in [0.25, 0.3) is 0 Å². The lowest BCUT2D eigenvalue weighted by Crippen LogP contribution is -2.41. The molecule has 1 aliphatic carbocycles. The van der Waals surface area contributed by atoms with Crippen LogP contribution in [-0.2, 0) is 12.0 Å². The van der Waals surface area contributed by atoms with Gasteiger partial charge >= 0.3 is 0 Å². The van der Waals surface area contributed by atoms with Gasteiger partial charge in [0.2, 0.25) is 0 Å². The van der Waals surface area contributed by atoms with E-state index < -0.39 is 0 Å². The number of nitrogens with zero attached hydrogens (tertiary/aromatic N) is 2. The van der Waals surface area contributed by atoms with Gasteiger partial charge in [-0.25, -0.2) is 4.99 Å². The quantitative estimate of drug-likeness (QED) is 0.623. The van der Waals surface area contributed by atoms with Gasteiger partial charge in [-0.05, 0) is 49.6 Å². The molecule has 0 atom stereocenters. The molecule has 3 rings (SSSR count). The van der Waals surface area contributed by atoms with Gasteiger partial charge in [-0.2, -0.15) is 0 Å². The van der Waals surface area contributed by atoms with Gasteiger partial charge in [0, 0.05) is 29.7 Å². The third kappa shape index (κ3) is 4.26. The second-order valence-corrected chi connectivity index (χ2v) is 6.59. The standard InChI is InChI=1S/C19H23ClN4/c1-2-21-18(23-13-17-5-3-4-12-22-17)24-14-19(10-11-19)15-6-8-16(20)9-7-15/h3-9,12H,2,10-11,13-14H2,1H3,(H2,21,23,24). The number of pyridine rings is 1. The van der Waals surface area contributed by atoms with Crippen molar-refractivity contribution in [3.05, 3.63) is 64.9 Å². The molecular weight excluding hydrogens is 320 g/mol. The number of rotatable bonds is 6. The molecule has 1 aromatic carbocycles. The number of hydrogen-bond acceptors (Lipinski definition) is 2. The Labute approximate surface area is 148 Å². The molecule has 0 amide bonds. The van der Waals surface area contributed by atoms with Crippen molar-refractivity contribution in [1.29, 1.82) is 0 Å². The van der Waals surface area contributed by atoms with Crippen LogP contribution in [0.1, 0.15) is 31.0 Å².